The summed E-state index contributed by atoms with van der Waals surface area (Å²) in [5.41, 5.74) is -0.368. The van der Waals surface area contributed by atoms with E-state index in [9.17, 15) is 5.26 Å². The van der Waals surface area contributed by atoms with Crippen molar-refractivity contribution >= 4 is 0 Å². The molecule has 0 saturated heterocycles. The predicted octanol–water partition coefficient (Wildman–Crippen LogP) is 1.63. The summed E-state index contributed by atoms with van der Waals surface area (Å²) >= 11 is 0. The van der Waals surface area contributed by atoms with Crippen LogP contribution in [0.1, 0.15) is 33.6 Å². The van der Waals surface area contributed by atoms with E-state index in [1.165, 1.54) is 12.8 Å². The second kappa shape index (κ2) is 7.08. The van der Waals surface area contributed by atoms with Crippen molar-refractivity contribution in [1.29, 1.82) is 5.26 Å². The van der Waals surface area contributed by atoms with Gasteiger partial charge in [-0.25, -0.2) is 0 Å². The van der Waals surface area contributed by atoms with Crippen molar-refractivity contribution in [1.82, 2.24) is 10.2 Å². The molecule has 0 aliphatic heterocycles. The summed E-state index contributed by atoms with van der Waals surface area (Å²) in [5, 5.41) is 13.0. The molecule has 1 aliphatic carbocycles. The number of likely N-dealkylation sites (N-methyl/N-ethyl adjacent to an activating group) is 1. The Balaban J connectivity index is 2.70. The van der Waals surface area contributed by atoms with E-state index in [4.69, 9.17) is 4.74 Å². The van der Waals surface area contributed by atoms with Gasteiger partial charge in [0.25, 0.3) is 0 Å². The maximum absolute atomic E-state index is 9.60. The van der Waals surface area contributed by atoms with E-state index < -0.39 is 0 Å². The number of nitrogens with zero attached hydrogens (tertiary/aromatic N) is 2. The number of hydrogen-bond acceptors (Lipinski definition) is 4. The van der Waals surface area contributed by atoms with Gasteiger partial charge < -0.3 is 4.74 Å². The molecule has 0 aromatic heterocycles. The van der Waals surface area contributed by atoms with Crippen molar-refractivity contribution in [2.24, 2.45) is 5.92 Å². The third-order valence-electron chi connectivity index (χ3n) is 3.73. The highest BCUT2D eigenvalue weighted by atomic mass is 16.5. The summed E-state index contributed by atoms with van der Waals surface area (Å²) in [4.78, 5) is 2.34. The average molecular weight is 253 g/mol. The number of ether oxygens (including phenoxy) is 1. The molecule has 0 aromatic rings. The van der Waals surface area contributed by atoms with E-state index in [0.717, 1.165) is 26.2 Å². The van der Waals surface area contributed by atoms with Crippen LogP contribution in [0.3, 0.4) is 0 Å². The fourth-order valence-electron chi connectivity index (χ4n) is 2.44. The van der Waals surface area contributed by atoms with Crippen LogP contribution in [-0.4, -0.2) is 49.8 Å². The Morgan fingerprint density at radius 3 is 2.56 bits per heavy atom. The number of hydrogen-bond donors (Lipinski definition) is 1. The fraction of sp³-hybridized carbons (Fsp3) is 0.929. The smallest absolute Gasteiger partial charge is 0.122 e. The minimum atomic E-state index is -0.368. The van der Waals surface area contributed by atoms with Crippen LogP contribution < -0.4 is 5.32 Å². The maximum Gasteiger partial charge on any atom is 0.122 e. The van der Waals surface area contributed by atoms with E-state index in [1.54, 1.807) is 7.11 Å². The van der Waals surface area contributed by atoms with Crippen molar-refractivity contribution in [3.05, 3.63) is 0 Å². The van der Waals surface area contributed by atoms with Crippen LogP contribution in [0, 0.1) is 17.2 Å². The topological polar surface area (TPSA) is 48.3 Å². The van der Waals surface area contributed by atoms with Gasteiger partial charge in [-0.15, -0.1) is 0 Å². The zero-order valence-electron chi connectivity index (χ0n) is 12.2. The third-order valence-corrected chi connectivity index (χ3v) is 3.73. The van der Waals surface area contributed by atoms with Gasteiger partial charge in [-0.1, -0.05) is 6.92 Å². The van der Waals surface area contributed by atoms with Gasteiger partial charge in [-0.05, 0) is 39.2 Å². The minimum Gasteiger partial charge on any atom is -0.383 e. The molecule has 0 heterocycles. The molecule has 1 rings (SSSR count). The van der Waals surface area contributed by atoms with Gasteiger partial charge in [-0.2, -0.15) is 5.26 Å². The Kier molecular flexibility index (Phi) is 6.07. The van der Waals surface area contributed by atoms with Gasteiger partial charge >= 0.3 is 0 Å². The van der Waals surface area contributed by atoms with Crippen LogP contribution >= 0.6 is 0 Å². The number of nitriles is 1. The monoisotopic (exact) mass is 253 g/mol. The van der Waals surface area contributed by atoms with E-state index in [1.807, 2.05) is 0 Å². The van der Waals surface area contributed by atoms with E-state index in [-0.39, 0.29) is 5.54 Å². The first-order valence-corrected chi connectivity index (χ1v) is 6.99. The van der Waals surface area contributed by atoms with E-state index >= 15 is 0 Å². The summed E-state index contributed by atoms with van der Waals surface area (Å²) in [6.07, 6.45) is 2.35. The second-order valence-corrected chi connectivity index (χ2v) is 5.44. The molecule has 0 amide bonds. The van der Waals surface area contributed by atoms with Crippen molar-refractivity contribution in [3.8, 4) is 6.07 Å². The van der Waals surface area contributed by atoms with Gasteiger partial charge in [0.1, 0.15) is 5.54 Å². The molecule has 0 radical (unpaired) electrons. The molecule has 4 heteroatoms. The zero-order valence-corrected chi connectivity index (χ0v) is 12.2. The highest BCUT2D eigenvalue weighted by Gasteiger charge is 2.46. The first-order valence-electron chi connectivity index (χ1n) is 6.99. The van der Waals surface area contributed by atoms with Crippen LogP contribution in [0.25, 0.3) is 0 Å². The lowest BCUT2D eigenvalue weighted by Crippen LogP contribution is -2.56. The molecular weight excluding hydrogens is 226 g/mol. The SMILES string of the molecule is CCNC(C#N)(CN(CCOC)C(C)C)C1CC1. The lowest BCUT2D eigenvalue weighted by Gasteiger charge is -2.36. The summed E-state index contributed by atoms with van der Waals surface area (Å²) in [6, 6.07) is 2.98. The summed E-state index contributed by atoms with van der Waals surface area (Å²) in [5.74, 6) is 0.520. The minimum absolute atomic E-state index is 0.368. The molecule has 1 saturated carbocycles. The Hall–Kier alpha value is -0.630. The van der Waals surface area contributed by atoms with Gasteiger partial charge in [0.05, 0.1) is 12.7 Å². The first-order chi connectivity index (χ1) is 8.59. The van der Waals surface area contributed by atoms with Crippen LogP contribution in [-0.2, 0) is 4.74 Å². The Morgan fingerprint density at radius 1 is 1.50 bits per heavy atom. The van der Waals surface area contributed by atoms with Crippen molar-refractivity contribution < 1.29 is 4.74 Å². The van der Waals surface area contributed by atoms with Crippen molar-refractivity contribution in [3.63, 3.8) is 0 Å². The summed E-state index contributed by atoms with van der Waals surface area (Å²) < 4.78 is 5.16. The van der Waals surface area contributed by atoms with Crippen LogP contribution in [0.4, 0.5) is 0 Å². The Bertz CT molecular complexity index is 283. The van der Waals surface area contributed by atoms with Gasteiger partial charge in [-0.3, -0.25) is 10.2 Å². The molecule has 1 atom stereocenters. The highest BCUT2D eigenvalue weighted by molar-refractivity contribution is 5.16. The third kappa shape index (κ3) is 3.94. The molecule has 0 bridgehead atoms. The van der Waals surface area contributed by atoms with Crippen molar-refractivity contribution in [2.45, 2.75) is 45.2 Å². The summed E-state index contributed by atoms with van der Waals surface area (Å²) in [6.45, 7) is 9.67. The van der Waals surface area contributed by atoms with Gasteiger partial charge in [0, 0.05) is 26.2 Å². The van der Waals surface area contributed by atoms with E-state index in [2.05, 4.69) is 37.1 Å². The normalized spacial score (nSPS) is 18.9. The molecule has 0 spiro atoms. The number of nitrogens with one attached hydrogen (secondary N) is 1. The predicted molar refractivity (Wildman–Crippen MR) is 73.3 cm³/mol. The van der Waals surface area contributed by atoms with Crippen LogP contribution in [0.15, 0.2) is 0 Å². The summed E-state index contributed by atoms with van der Waals surface area (Å²) in [7, 11) is 1.72. The van der Waals surface area contributed by atoms with Crippen LogP contribution in [0.5, 0.6) is 0 Å². The average Bonchev–Trinajstić information content (AvgIpc) is 3.17. The van der Waals surface area contributed by atoms with Crippen molar-refractivity contribution in [2.75, 3.05) is 33.4 Å². The molecule has 4 nitrogen and oxygen atoms in total. The van der Waals surface area contributed by atoms with Crippen LogP contribution in [0.2, 0.25) is 0 Å². The Morgan fingerprint density at radius 2 is 2.17 bits per heavy atom. The molecule has 18 heavy (non-hydrogen) atoms. The van der Waals surface area contributed by atoms with E-state index in [0.29, 0.717) is 12.0 Å². The lowest BCUT2D eigenvalue weighted by atomic mass is 9.93. The second-order valence-electron chi connectivity index (χ2n) is 5.44. The Labute approximate surface area is 111 Å². The van der Waals surface area contributed by atoms with Gasteiger partial charge in [0.2, 0.25) is 0 Å². The molecule has 1 fully saturated rings. The highest BCUT2D eigenvalue weighted by Crippen LogP contribution is 2.40. The first kappa shape index (κ1) is 15.4. The molecule has 1 N–H and O–H groups in total. The zero-order chi connectivity index (χ0) is 13.6. The quantitative estimate of drug-likeness (QED) is 0.678. The largest absolute Gasteiger partial charge is 0.383 e. The fourth-order valence-corrected chi connectivity index (χ4v) is 2.44. The number of methoxy groups -OCH3 is 1. The maximum atomic E-state index is 9.60. The molecule has 1 unspecified atom stereocenters. The molecule has 104 valence electrons. The lowest BCUT2D eigenvalue weighted by molar-refractivity contribution is 0.107. The standard InChI is InChI=1S/C14H27N3O/c1-5-16-14(10-15,13-6-7-13)11-17(12(2)3)8-9-18-4/h12-13,16H,5-9,11H2,1-4H3. The number of rotatable bonds is 9. The van der Waals surface area contributed by atoms with Gasteiger partial charge in [0.15, 0.2) is 0 Å². The molecular formula is C14H27N3O. The molecule has 1 aliphatic rings. The molecule has 0 aromatic carbocycles.